The summed E-state index contributed by atoms with van der Waals surface area (Å²) >= 11 is 0. The van der Waals surface area contributed by atoms with Gasteiger partial charge in [0.2, 0.25) is 0 Å². The van der Waals surface area contributed by atoms with E-state index < -0.39 is 0 Å². The van der Waals surface area contributed by atoms with Crippen molar-refractivity contribution in [2.24, 2.45) is 10.1 Å². The molecule has 0 aliphatic rings. The number of nitrogens with zero attached hydrogens (tertiary/aromatic N) is 2. The molecule has 52 valence electrons. The van der Waals surface area contributed by atoms with E-state index in [9.17, 15) is 0 Å². The molecule has 0 heterocycles. The fraction of sp³-hybridized carbons (Fsp3) is 0.667. The van der Waals surface area contributed by atoms with Gasteiger partial charge >= 0.3 is 0 Å². The molecule has 9 heavy (non-hydrogen) atoms. The minimum Gasteiger partial charge on any atom is -0.313 e. The van der Waals surface area contributed by atoms with Gasteiger partial charge in [0.25, 0.3) is 0 Å². The van der Waals surface area contributed by atoms with E-state index in [1.54, 1.807) is 20.3 Å². The van der Waals surface area contributed by atoms with Crippen molar-refractivity contribution < 1.29 is 0 Å². The van der Waals surface area contributed by atoms with Crippen LogP contribution < -0.4 is 5.43 Å². The predicted molar refractivity (Wildman–Crippen MR) is 41.2 cm³/mol. The Labute approximate surface area is 55.9 Å². The van der Waals surface area contributed by atoms with Crippen molar-refractivity contribution in [1.82, 2.24) is 5.43 Å². The molecule has 0 unspecified atom stereocenters. The lowest BCUT2D eigenvalue weighted by molar-refractivity contribution is 0.897. The summed E-state index contributed by atoms with van der Waals surface area (Å²) in [5.74, 6) is 0. The quantitative estimate of drug-likeness (QED) is 0.439. The SMILES string of the molecule is CC/C(C=NC)=N/NC. The molecule has 0 spiro atoms. The first-order chi connectivity index (χ1) is 4.35. The lowest BCUT2D eigenvalue weighted by atomic mass is 10.3. The van der Waals surface area contributed by atoms with Crippen LogP contribution in [0.3, 0.4) is 0 Å². The first-order valence-corrected chi connectivity index (χ1v) is 3.00. The Morgan fingerprint density at radius 2 is 2.33 bits per heavy atom. The molecule has 0 bridgehead atoms. The van der Waals surface area contributed by atoms with Crippen molar-refractivity contribution in [3.05, 3.63) is 0 Å². The Balaban J connectivity index is 3.81. The van der Waals surface area contributed by atoms with Gasteiger partial charge in [0.1, 0.15) is 0 Å². The normalized spacial score (nSPS) is 12.6. The second-order valence-electron chi connectivity index (χ2n) is 1.57. The molecular weight excluding hydrogens is 114 g/mol. The van der Waals surface area contributed by atoms with Crippen molar-refractivity contribution in [2.45, 2.75) is 13.3 Å². The van der Waals surface area contributed by atoms with E-state index in [2.05, 4.69) is 15.5 Å². The van der Waals surface area contributed by atoms with E-state index in [1.165, 1.54) is 0 Å². The molecule has 0 aromatic rings. The zero-order valence-electron chi connectivity index (χ0n) is 6.18. The van der Waals surface area contributed by atoms with Gasteiger partial charge in [0.05, 0.1) is 5.71 Å². The lowest BCUT2D eigenvalue weighted by Crippen LogP contribution is -2.05. The molecular formula is C6H13N3. The molecule has 0 atom stereocenters. The predicted octanol–water partition coefficient (Wildman–Crippen LogP) is 0.672. The summed E-state index contributed by atoms with van der Waals surface area (Å²) in [4.78, 5) is 3.83. The molecule has 3 nitrogen and oxygen atoms in total. The van der Waals surface area contributed by atoms with E-state index in [1.807, 2.05) is 6.92 Å². The van der Waals surface area contributed by atoms with Crippen LogP contribution in [0, 0.1) is 0 Å². The van der Waals surface area contributed by atoms with Crippen LogP contribution in [0.4, 0.5) is 0 Å². The van der Waals surface area contributed by atoms with E-state index in [4.69, 9.17) is 0 Å². The lowest BCUT2D eigenvalue weighted by Gasteiger charge is -1.92. The third-order valence-electron chi connectivity index (χ3n) is 0.896. The van der Waals surface area contributed by atoms with Gasteiger partial charge in [-0.2, -0.15) is 5.10 Å². The topological polar surface area (TPSA) is 36.8 Å². The molecule has 0 radical (unpaired) electrons. The average Bonchev–Trinajstić information content (AvgIpc) is 1.88. The minimum atomic E-state index is 0.915. The van der Waals surface area contributed by atoms with Gasteiger partial charge in [0.15, 0.2) is 0 Å². The summed E-state index contributed by atoms with van der Waals surface area (Å²) in [6.45, 7) is 2.04. The van der Waals surface area contributed by atoms with Gasteiger partial charge in [-0.3, -0.25) is 4.99 Å². The highest BCUT2D eigenvalue weighted by Gasteiger charge is 1.85. The first kappa shape index (κ1) is 8.14. The Bertz CT molecular complexity index is 115. The van der Waals surface area contributed by atoms with E-state index in [-0.39, 0.29) is 0 Å². The van der Waals surface area contributed by atoms with Gasteiger partial charge in [-0.25, -0.2) is 0 Å². The number of hydrogen-bond acceptors (Lipinski definition) is 3. The number of aliphatic imine (C=N–C) groups is 1. The smallest absolute Gasteiger partial charge is 0.0777 e. The standard InChI is InChI=1S/C6H13N3/c1-4-6(5-7-2)9-8-3/h5,8H,4H2,1-3H3/b7-5?,9-6-. The number of nitrogens with one attached hydrogen (secondary N) is 1. The number of rotatable bonds is 3. The van der Waals surface area contributed by atoms with E-state index >= 15 is 0 Å². The highest BCUT2D eigenvalue weighted by atomic mass is 15.3. The maximum Gasteiger partial charge on any atom is 0.0777 e. The van der Waals surface area contributed by atoms with Crippen LogP contribution in [0.25, 0.3) is 0 Å². The van der Waals surface area contributed by atoms with Crippen LogP contribution in [0.5, 0.6) is 0 Å². The van der Waals surface area contributed by atoms with Gasteiger partial charge in [-0.15, -0.1) is 0 Å². The second kappa shape index (κ2) is 5.28. The molecule has 0 saturated carbocycles. The maximum atomic E-state index is 3.95. The fourth-order valence-corrected chi connectivity index (χ4v) is 0.492. The van der Waals surface area contributed by atoms with Crippen LogP contribution in [0.1, 0.15) is 13.3 Å². The van der Waals surface area contributed by atoms with Gasteiger partial charge in [-0.05, 0) is 6.42 Å². The van der Waals surface area contributed by atoms with Crippen molar-refractivity contribution in [3.63, 3.8) is 0 Å². The molecule has 0 saturated heterocycles. The average molecular weight is 127 g/mol. The molecule has 3 heteroatoms. The third-order valence-corrected chi connectivity index (χ3v) is 0.896. The monoisotopic (exact) mass is 127 g/mol. The van der Waals surface area contributed by atoms with Gasteiger partial charge < -0.3 is 5.43 Å². The van der Waals surface area contributed by atoms with Crippen molar-refractivity contribution in [2.75, 3.05) is 14.1 Å². The summed E-state index contributed by atoms with van der Waals surface area (Å²) in [6.07, 6.45) is 2.66. The van der Waals surface area contributed by atoms with Gasteiger partial charge in [0, 0.05) is 20.3 Å². The summed E-state index contributed by atoms with van der Waals surface area (Å²) in [6, 6.07) is 0. The summed E-state index contributed by atoms with van der Waals surface area (Å²) in [5, 5.41) is 3.95. The van der Waals surface area contributed by atoms with Crippen LogP contribution >= 0.6 is 0 Å². The zero-order chi connectivity index (χ0) is 7.11. The summed E-state index contributed by atoms with van der Waals surface area (Å²) < 4.78 is 0. The highest BCUT2D eigenvalue weighted by Crippen LogP contribution is 1.78. The highest BCUT2D eigenvalue weighted by molar-refractivity contribution is 6.30. The maximum absolute atomic E-state index is 3.95. The van der Waals surface area contributed by atoms with Gasteiger partial charge in [-0.1, -0.05) is 6.92 Å². The Hall–Kier alpha value is -0.860. The van der Waals surface area contributed by atoms with Crippen molar-refractivity contribution >= 4 is 11.9 Å². The molecule has 0 fully saturated rings. The fourth-order valence-electron chi connectivity index (χ4n) is 0.492. The second-order valence-corrected chi connectivity index (χ2v) is 1.57. The minimum absolute atomic E-state index is 0.915. The summed E-state index contributed by atoms with van der Waals surface area (Å²) in [5.41, 5.74) is 3.67. The molecule has 0 aliphatic carbocycles. The van der Waals surface area contributed by atoms with Crippen LogP contribution in [0.15, 0.2) is 10.1 Å². The van der Waals surface area contributed by atoms with Crippen LogP contribution in [0.2, 0.25) is 0 Å². The molecule has 0 aromatic carbocycles. The van der Waals surface area contributed by atoms with E-state index in [0.717, 1.165) is 12.1 Å². The van der Waals surface area contributed by atoms with E-state index in [0.29, 0.717) is 0 Å². The third kappa shape index (κ3) is 3.70. The Morgan fingerprint density at radius 3 is 2.67 bits per heavy atom. The van der Waals surface area contributed by atoms with Crippen molar-refractivity contribution in [1.29, 1.82) is 0 Å². The van der Waals surface area contributed by atoms with Crippen molar-refractivity contribution in [3.8, 4) is 0 Å². The molecule has 0 rings (SSSR count). The molecule has 0 aromatic heterocycles. The number of hydrogen-bond donors (Lipinski definition) is 1. The molecule has 0 aliphatic heterocycles. The molecule has 0 amide bonds. The Kier molecular flexibility index (Phi) is 4.78. The first-order valence-electron chi connectivity index (χ1n) is 3.00. The number of hydrazone groups is 1. The Morgan fingerprint density at radius 1 is 1.67 bits per heavy atom. The summed E-state index contributed by atoms with van der Waals surface area (Å²) in [7, 11) is 3.51. The molecule has 1 N–H and O–H groups in total. The largest absolute Gasteiger partial charge is 0.313 e. The van der Waals surface area contributed by atoms with Crippen LogP contribution in [-0.4, -0.2) is 26.0 Å². The zero-order valence-corrected chi connectivity index (χ0v) is 6.18. The van der Waals surface area contributed by atoms with Crippen LogP contribution in [-0.2, 0) is 0 Å².